The number of rotatable bonds is 7. The van der Waals surface area contributed by atoms with E-state index in [1.54, 1.807) is 24.4 Å². The fourth-order valence-corrected chi connectivity index (χ4v) is 4.16. The van der Waals surface area contributed by atoms with Crippen molar-refractivity contribution in [1.82, 2.24) is 10.3 Å². The number of anilines is 2. The molecule has 0 aliphatic carbocycles. The molecular weight excluding hydrogens is 436 g/mol. The number of fused-ring (bicyclic) bond motifs is 1. The Balaban J connectivity index is 1.56. The minimum absolute atomic E-state index is 0.142. The van der Waals surface area contributed by atoms with E-state index < -0.39 is 12.8 Å². The molecule has 1 aliphatic heterocycles. The molecule has 1 atom stereocenters. The molecule has 0 spiro atoms. The second-order valence-electron chi connectivity index (χ2n) is 7.70. The van der Waals surface area contributed by atoms with E-state index >= 15 is 0 Å². The van der Waals surface area contributed by atoms with E-state index in [1.807, 2.05) is 23.1 Å². The van der Waals surface area contributed by atoms with Crippen molar-refractivity contribution in [2.75, 3.05) is 24.7 Å². The van der Waals surface area contributed by atoms with Crippen LogP contribution in [-0.2, 0) is 12.8 Å². The van der Waals surface area contributed by atoms with Crippen molar-refractivity contribution in [2.24, 2.45) is 0 Å². The highest BCUT2D eigenvalue weighted by atomic mass is 35.5. The Morgan fingerprint density at radius 2 is 2.06 bits per heavy atom. The molecule has 0 fully saturated rings. The molecular formula is C24H22ClF2N3O2. The van der Waals surface area contributed by atoms with Gasteiger partial charge in [0.2, 0.25) is 0 Å². The van der Waals surface area contributed by atoms with Crippen molar-refractivity contribution in [3.63, 3.8) is 0 Å². The summed E-state index contributed by atoms with van der Waals surface area (Å²) in [6, 6.07) is 13.7. The Morgan fingerprint density at radius 1 is 1.22 bits per heavy atom. The Hall–Kier alpha value is -3.03. The number of aliphatic hydroxyl groups is 1. The number of nitrogens with one attached hydrogen (secondary N) is 1. The molecule has 2 aromatic carbocycles. The Bertz CT molecular complexity index is 1120. The first-order valence-electron chi connectivity index (χ1n) is 10.3. The van der Waals surface area contributed by atoms with Crippen LogP contribution in [0, 0.1) is 5.82 Å². The maximum Gasteiger partial charge on any atom is 0.251 e. The van der Waals surface area contributed by atoms with Gasteiger partial charge in [-0.3, -0.25) is 4.79 Å². The van der Waals surface area contributed by atoms with Crippen LogP contribution in [0.4, 0.5) is 20.3 Å². The summed E-state index contributed by atoms with van der Waals surface area (Å²) in [5.41, 5.74) is 3.98. The minimum atomic E-state index is -1.22. The summed E-state index contributed by atoms with van der Waals surface area (Å²) in [7, 11) is 0. The summed E-state index contributed by atoms with van der Waals surface area (Å²) in [6.07, 6.45) is 1.65. The lowest BCUT2D eigenvalue weighted by Crippen LogP contribution is -2.33. The van der Waals surface area contributed by atoms with Gasteiger partial charge >= 0.3 is 0 Å². The molecule has 1 aromatic heterocycles. The molecule has 1 amide bonds. The lowest BCUT2D eigenvalue weighted by atomic mass is 10.0. The average molecular weight is 458 g/mol. The largest absolute Gasteiger partial charge is 0.389 e. The van der Waals surface area contributed by atoms with Crippen LogP contribution >= 0.6 is 11.6 Å². The van der Waals surface area contributed by atoms with Gasteiger partial charge in [0, 0.05) is 35.6 Å². The molecule has 0 radical (unpaired) electrons. The predicted molar refractivity (Wildman–Crippen MR) is 120 cm³/mol. The van der Waals surface area contributed by atoms with Crippen LogP contribution in [0.2, 0.25) is 5.02 Å². The van der Waals surface area contributed by atoms with Gasteiger partial charge in [0.1, 0.15) is 18.3 Å². The summed E-state index contributed by atoms with van der Waals surface area (Å²) >= 11 is 5.97. The second-order valence-corrected chi connectivity index (χ2v) is 8.14. The van der Waals surface area contributed by atoms with Gasteiger partial charge in [-0.2, -0.15) is 0 Å². The third kappa shape index (κ3) is 4.89. The van der Waals surface area contributed by atoms with Crippen LogP contribution in [0.15, 0.2) is 54.7 Å². The van der Waals surface area contributed by atoms with Crippen LogP contribution in [0.25, 0.3) is 0 Å². The highest BCUT2D eigenvalue weighted by Crippen LogP contribution is 2.36. The summed E-state index contributed by atoms with van der Waals surface area (Å²) in [5.74, 6) is 0.00939. The van der Waals surface area contributed by atoms with E-state index in [0.717, 1.165) is 28.2 Å². The number of aliphatic hydroxyl groups excluding tert-OH is 1. The van der Waals surface area contributed by atoms with E-state index in [2.05, 4.69) is 10.3 Å². The van der Waals surface area contributed by atoms with Crippen molar-refractivity contribution in [2.45, 2.75) is 18.9 Å². The van der Waals surface area contributed by atoms with Crippen LogP contribution in [0.1, 0.15) is 27.0 Å². The third-order valence-electron chi connectivity index (χ3n) is 5.37. The normalized spacial score (nSPS) is 13.7. The zero-order chi connectivity index (χ0) is 22.7. The summed E-state index contributed by atoms with van der Waals surface area (Å²) in [5, 5.41) is 12.3. The summed E-state index contributed by atoms with van der Waals surface area (Å²) in [4.78, 5) is 19.1. The van der Waals surface area contributed by atoms with Crippen LogP contribution in [0.3, 0.4) is 0 Å². The fraction of sp³-hybridized carbons (Fsp3) is 0.250. The van der Waals surface area contributed by atoms with Gasteiger partial charge in [-0.1, -0.05) is 17.7 Å². The first kappa shape index (κ1) is 22.2. The number of benzene rings is 2. The SMILES string of the molecule is O=C(NCC(O)CF)c1cccc2c1CCN2c1cc(Cc2cc(F)cc(Cl)c2)ccn1. The summed E-state index contributed by atoms with van der Waals surface area (Å²) < 4.78 is 26.1. The first-order chi connectivity index (χ1) is 15.4. The molecule has 3 aromatic rings. The maximum absolute atomic E-state index is 13.7. The van der Waals surface area contributed by atoms with Crippen molar-refractivity contribution >= 4 is 29.0 Å². The van der Waals surface area contributed by atoms with Crippen molar-refractivity contribution < 1.29 is 18.7 Å². The fourth-order valence-electron chi connectivity index (χ4n) is 3.91. The highest BCUT2D eigenvalue weighted by molar-refractivity contribution is 6.30. The van der Waals surface area contributed by atoms with Gasteiger partial charge in [-0.15, -0.1) is 0 Å². The number of carbonyl (C=O) groups is 1. The number of halogens is 3. The van der Waals surface area contributed by atoms with Gasteiger partial charge < -0.3 is 15.3 Å². The zero-order valence-electron chi connectivity index (χ0n) is 17.2. The van der Waals surface area contributed by atoms with Crippen molar-refractivity contribution in [3.8, 4) is 0 Å². The highest BCUT2D eigenvalue weighted by Gasteiger charge is 2.26. The standard InChI is InChI=1S/C24H22ClF2N3O2/c25-17-9-16(10-18(27)12-17)8-15-4-6-28-23(11-15)30-7-5-20-21(2-1-3-22(20)30)24(32)29-14-19(31)13-26/h1-4,6,9-12,19,31H,5,7-8,13-14H2,(H,29,32). The smallest absolute Gasteiger partial charge is 0.251 e. The first-order valence-corrected chi connectivity index (χ1v) is 10.6. The van der Waals surface area contributed by atoms with Crippen LogP contribution in [-0.4, -0.2) is 41.9 Å². The van der Waals surface area contributed by atoms with Gasteiger partial charge in [-0.05, 0) is 72.0 Å². The Kier molecular flexibility index (Phi) is 6.67. The Labute approximate surface area is 189 Å². The number of hydrogen-bond acceptors (Lipinski definition) is 4. The van der Waals surface area contributed by atoms with Crippen LogP contribution in [0.5, 0.6) is 0 Å². The molecule has 0 bridgehead atoms. The predicted octanol–water partition coefficient (Wildman–Crippen LogP) is 4.22. The molecule has 1 aliphatic rings. The number of carbonyl (C=O) groups excluding carboxylic acids is 1. The summed E-state index contributed by atoms with van der Waals surface area (Å²) in [6.45, 7) is -0.407. The lowest BCUT2D eigenvalue weighted by Gasteiger charge is -2.19. The van der Waals surface area contributed by atoms with Gasteiger partial charge in [0.15, 0.2) is 0 Å². The average Bonchev–Trinajstić information content (AvgIpc) is 3.21. The number of amides is 1. The molecule has 8 heteroatoms. The van der Waals surface area contributed by atoms with Crippen molar-refractivity contribution in [3.05, 3.63) is 87.8 Å². The number of aromatic nitrogens is 1. The van der Waals surface area contributed by atoms with E-state index in [9.17, 15) is 18.7 Å². The topological polar surface area (TPSA) is 65.5 Å². The van der Waals surface area contributed by atoms with Crippen molar-refractivity contribution in [1.29, 1.82) is 0 Å². The molecule has 4 rings (SSSR count). The molecule has 0 saturated heterocycles. The lowest BCUT2D eigenvalue weighted by molar-refractivity contribution is 0.0894. The Morgan fingerprint density at radius 3 is 2.84 bits per heavy atom. The molecule has 166 valence electrons. The van der Waals surface area contributed by atoms with E-state index in [1.165, 1.54) is 12.1 Å². The molecule has 2 N–H and O–H groups in total. The van der Waals surface area contributed by atoms with Crippen LogP contribution < -0.4 is 10.2 Å². The molecule has 0 saturated carbocycles. The quantitative estimate of drug-likeness (QED) is 0.557. The van der Waals surface area contributed by atoms with E-state index in [-0.39, 0.29) is 18.3 Å². The second kappa shape index (κ2) is 9.63. The minimum Gasteiger partial charge on any atom is -0.389 e. The molecule has 1 unspecified atom stereocenters. The third-order valence-corrected chi connectivity index (χ3v) is 5.58. The van der Waals surface area contributed by atoms with Gasteiger partial charge in [0.05, 0.1) is 6.10 Å². The monoisotopic (exact) mass is 457 g/mol. The molecule has 32 heavy (non-hydrogen) atoms. The maximum atomic E-state index is 13.7. The van der Waals surface area contributed by atoms with Gasteiger partial charge in [0.25, 0.3) is 5.91 Å². The van der Waals surface area contributed by atoms with Gasteiger partial charge in [-0.25, -0.2) is 13.8 Å². The number of alkyl halides is 1. The zero-order valence-corrected chi connectivity index (χ0v) is 17.9. The van der Waals surface area contributed by atoms with E-state index in [0.29, 0.717) is 30.0 Å². The number of pyridine rings is 1. The number of nitrogens with zero attached hydrogens (tertiary/aromatic N) is 2. The number of hydrogen-bond donors (Lipinski definition) is 2. The molecule has 5 nitrogen and oxygen atoms in total. The molecule has 2 heterocycles. The van der Waals surface area contributed by atoms with E-state index in [4.69, 9.17) is 11.6 Å².